The van der Waals surface area contributed by atoms with E-state index in [-0.39, 0.29) is 0 Å². The number of nitrogen functional groups attached to an aromatic ring is 2. The Labute approximate surface area is 160 Å². The van der Waals surface area contributed by atoms with Gasteiger partial charge < -0.3 is 16.5 Å². The van der Waals surface area contributed by atoms with Crippen molar-refractivity contribution in [3.8, 4) is 22.3 Å². The number of anilines is 2. The normalized spacial score (nSPS) is 11.4. The van der Waals surface area contributed by atoms with Crippen molar-refractivity contribution >= 4 is 43.8 Å². The van der Waals surface area contributed by atoms with E-state index in [9.17, 15) is 0 Å². The van der Waals surface area contributed by atoms with Gasteiger partial charge in [0.05, 0.1) is 0 Å². The van der Waals surface area contributed by atoms with Crippen LogP contribution in [-0.4, -0.2) is 9.97 Å². The van der Waals surface area contributed by atoms with Crippen LogP contribution in [0.1, 0.15) is 5.69 Å². The minimum atomic E-state index is 0.561. The van der Waals surface area contributed by atoms with Crippen molar-refractivity contribution < 1.29 is 0 Å². The van der Waals surface area contributed by atoms with Crippen LogP contribution >= 0.6 is 11.3 Å². The van der Waals surface area contributed by atoms with Crippen LogP contribution < -0.4 is 11.5 Å². The van der Waals surface area contributed by atoms with Crippen LogP contribution in [0.3, 0.4) is 0 Å². The highest BCUT2D eigenvalue weighted by Crippen LogP contribution is 2.42. The van der Waals surface area contributed by atoms with Gasteiger partial charge in [0.15, 0.2) is 0 Å². The van der Waals surface area contributed by atoms with E-state index < -0.39 is 0 Å². The Hall–Kier alpha value is -3.31. The molecule has 0 amide bonds. The second-order valence-electron chi connectivity index (χ2n) is 6.79. The van der Waals surface area contributed by atoms with E-state index in [4.69, 9.17) is 11.5 Å². The van der Waals surface area contributed by atoms with Gasteiger partial charge in [-0.3, -0.25) is 0 Å². The number of hydrogen-bond donors (Lipinski definition) is 3. The van der Waals surface area contributed by atoms with Crippen molar-refractivity contribution in [1.29, 1.82) is 0 Å². The van der Waals surface area contributed by atoms with Gasteiger partial charge in [-0.25, -0.2) is 4.98 Å². The average Bonchev–Trinajstić information content (AvgIpc) is 3.26. The monoisotopic (exact) mass is 370 g/mol. The van der Waals surface area contributed by atoms with Crippen molar-refractivity contribution in [2.24, 2.45) is 0 Å². The first kappa shape index (κ1) is 15.9. The molecule has 5 N–H and O–H groups in total. The summed E-state index contributed by atoms with van der Waals surface area (Å²) in [6.07, 6.45) is 1.85. The Kier molecular flexibility index (Phi) is 3.45. The van der Waals surface area contributed by atoms with Crippen LogP contribution in [0.15, 0.2) is 60.1 Å². The lowest BCUT2D eigenvalue weighted by molar-refractivity contribution is 1.30. The average molecular weight is 370 g/mol. The summed E-state index contributed by atoms with van der Waals surface area (Å²) < 4.78 is 1.15. The summed E-state index contributed by atoms with van der Waals surface area (Å²) in [6.45, 7) is 2.07. The molecule has 0 atom stereocenters. The highest BCUT2D eigenvalue weighted by atomic mass is 32.1. The molecule has 0 fully saturated rings. The predicted molar refractivity (Wildman–Crippen MR) is 116 cm³/mol. The smallest absolute Gasteiger partial charge is 0.132 e. The van der Waals surface area contributed by atoms with E-state index in [1.807, 2.05) is 30.5 Å². The molecule has 4 nitrogen and oxygen atoms in total. The van der Waals surface area contributed by atoms with Gasteiger partial charge in [-0.15, -0.1) is 11.3 Å². The topological polar surface area (TPSA) is 80.7 Å². The van der Waals surface area contributed by atoms with E-state index >= 15 is 0 Å². The quantitative estimate of drug-likeness (QED) is 0.355. The number of H-pyrrole nitrogens is 1. The zero-order valence-electron chi connectivity index (χ0n) is 14.8. The number of rotatable bonds is 2. The number of thiophene rings is 1. The number of benzene rings is 2. The van der Waals surface area contributed by atoms with Gasteiger partial charge in [0.25, 0.3) is 0 Å². The van der Waals surface area contributed by atoms with Crippen molar-refractivity contribution in [3.63, 3.8) is 0 Å². The van der Waals surface area contributed by atoms with Crippen LogP contribution in [0.4, 0.5) is 11.5 Å². The molecular formula is C22H18N4S. The summed E-state index contributed by atoms with van der Waals surface area (Å²) in [6, 6.07) is 16.5. The van der Waals surface area contributed by atoms with Gasteiger partial charge in [0.2, 0.25) is 0 Å². The summed E-state index contributed by atoms with van der Waals surface area (Å²) in [5.74, 6) is 0.561. The first-order valence-electron chi connectivity index (χ1n) is 8.71. The van der Waals surface area contributed by atoms with Crippen LogP contribution in [0, 0.1) is 6.92 Å². The number of hydrogen-bond acceptors (Lipinski definition) is 4. The number of nitrogens with one attached hydrogen (secondary N) is 1. The van der Waals surface area contributed by atoms with Gasteiger partial charge in [-0.1, -0.05) is 18.2 Å². The lowest BCUT2D eigenvalue weighted by atomic mass is 10.0. The van der Waals surface area contributed by atoms with Crippen molar-refractivity contribution in [1.82, 2.24) is 9.97 Å². The molecule has 0 saturated carbocycles. The standard InChI is InChI=1S/C22H18N4S/c1-12-8-15-9-14(4-7-19(15)26-12)18-11-27-21-17(10-25-22(24)20(18)21)13-2-5-16(23)6-3-13/h2-11,26H,23H2,1H3,(H2,24,25). The van der Waals surface area contributed by atoms with Crippen molar-refractivity contribution in [2.45, 2.75) is 6.92 Å². The van der Waals surface area contributed by atoms with E-state index in [1.54, 1.807) is 11.3 Å². The first-order chi connectivity index (χ1) is 13.1. The highest BCUT2D eigenvalue weighted by Gasteiger charge is 2.15. The molecule has 0 saturated heterocycles. The largest absolute Gasteiger partial charge is 0.399 e. The molecule has 0 spiro atoms. The second-order valence-corrected chi connectivity index (χ2v) is 7.67. The van der Waals surface area contributed by atoms with Crippen molar-refractivity contribution in [2.75, 3.05) is 11.5 Å². The molecule has 2 aromatic carbocycles. The first-order valence-corrected chi connectivity index (χ1v) is 9.59. The fourth-order valence-corrected chi connectivity index (χ4v) is 4.71. The number of aryl methyl sites for hydroxylation is 1. The number of pyridine rings is 1. The lowest BCUT2D eigenvalue weighted by Gasteiger charge is -2.07. The molecular weight excluding hydrogens is 352 g/mol. The Morgan fingerprint density at radius 3 is 2.52 bits per heavy atom. The minimum absolute atomic E-state index is 0.561. The van der Waals surface area contributed by atoms with Gasteiger partial charge in [0.1, 0.15) is 5.82 Å². The van der Waals surface area contributed by atoms with Crippen LogP contribution in [0.5, 0.6) is 0 Å². The third-order valence-corrected chi connectivity index (χ3v) is 5.93. The zero-order chi connectivity index (χ0) is 18.5. The summed E-state index contributed by atoms with van der Waals surface area (Å²) in [7, 11) is 0. The summed E-state index contributed by atoms with van der Waals surface area (Å²) in [5.41, 5.74) is 19.6. The van der Waals surface area contributed by atoms with Crippen LogP contribution in [-0.2, 0) is 0 Å². The third kappa shape index (κ3) is 2.55. The number of aromatic nitrogens is 2. The molecule has 5 rings (SSSR count). The number of fused-ring (bicyclic) bond motifs is 2. The SMILES string of the molecule is Cc1cc2cc(-c3csc4c(-c5ccc(N)cc5)cnc(N)c34)ccc2[nH]1. The maximum atomic E-state index is 6.30. The summed E-state index contributed by atoms with van der Waals surface area (Å²) in [5, 5.41) is 4.39. The Bertz CT molecular complexity index is 1300. The van der Waals surface area contributed by atoms with Gasteiger partial charge in [-0.2, -0.15) is 0 Å². The predicted octanol–water partition coefficient (Wildman–Crippen LogP) is 5.58. The Balaban J connectivity index is 1.73. The molecule has 0 aliphatic rings. The maximum absolute atomic E-state index is 6.30. The molecule has 132 valence electrons. The van der Waals surface area contributed by atoms with Crippen LogP contribution in [0.25, 0.3) is 43.2 Å². The number of nitrogens with zero attached hydrogens (tertiary/aromatic N) is 1. The molecule has 0 bridgehead atoms. The molecule has 0 aliphatic carbocycles. The molecule has 27 heavy (non-hydrogen) atoms. The van der Waals surface area contributed by atoms with Crippen molar-refractivity contribution in [3.05, 3.63) is 65.8 Å². The molecule has 0 radical (unpaired) electrons. The maximum Gasteiger partial charge on any atom is 0.132 e. The van der Waals surface area contributed by atoms with Gasteiger partial charge in [0, 0.05) is 49.7 Å². The number of aromatic amines is 1. The van der Waals surface area contributed by atoms with Gasteiger partial charge >= 0.3 is 0 Å². The highest BCUT2D eigenvalue weighted by molar-refractivity contribution is 7.18. The number of nitrogens with two attached hydrogens (primary N) is 2. The molecule has 3 heterocycles. The molecule has 0 unspecified atom stereocenters. The van der Waals surface area contributed by atoms with E-state index in [2.05, 4.69) is 46.5 Å². The van der Waals surface area contributed by atoms with E-state index in [0.29, 0.717) is 5.82 Å². The molecule has 3 aromatic heterocycles. The lowest BCUT2D eigenvalue weighted by Crippen LogP contribution is -1.93. The second kappa shape index (κ2) is 5.86. The van der Waals surface area contributed by atoms with E-state index in [1.165, 1.54) is 5.39 Å². The fraction of sp³-hybridized carbons (Fsp3) is 0.0455. The fourth-order valence-electron chi connectivity index (χ4n) is 3.59. The van der Waals surface area contributed by atoms with Crippen LogP contribution in [0.2, 0.25) is 0 Å². The van der Waals surface area contributed by atoms with E-state index in [0.717, 1.165) is 49.2 Å². The molecule has 5 aromatic rings. The molecule has 5 heteroatoms. The molecule has 0 aliphatic heterocycles. The Morgan fingerprint density at radius 2 is 1.70 bits per heavy atom. The summed E-state index contributed by atoms with van der Waals surface area (Å²) >= 11 is 1.70. The third-order valence-electron chi connectivity index (χ3n) is 4.91. The minimum Gasteiger partial charge on any atom is -0.399 e. The zero-order valence-corrected chi connectivity index (χ0v) is 15.6. The van der Waals surface area contributed by atoms with Gasteiger partial charge in [-0.05, 0) is 53.8 Å². The Morgan fingerprint density at radius 1 is 0.926 bits per heavy atom. The summed E-state index contributed by atoms with van der Waals surface area (Å²) in [4.78, 5) is 7.85.